The van der Waals surface area contributed by atoms with Crippen LogP contribution in [0.15, 0.2) is 96.1 Å². The summed E-state index contributed by atoms with van der Waals surface area (Å²) in [5.74, 6) is -0.798. The molecule has 50 heavy (non-hydrogen) atoms. The molecule has 2 atom stereocenters. The van der Waals surface area contributed by atoms with Gasteiger partial charge in [0.05, 0.1) is 24.6 Å². The number of nitrogens with zero attached hydrogens (tertiary/aromatic N) is 2. The first-order valence-corrected chi connectivity index (χ1v) is 17.0. The van der Waals surface area contributed by atoms with Gasteiger partial charge in [0.1, 0.15) is 11.9 Å². The zero-order chi connectivity index (χ0) is 35.6. The van der Waals surface area contributed by atoms with Crippen LogP contribution in [-0.2, 0) is 35.2 Å². The molecule has 1 aliphatic heterocycles. The third kappa shape index (κ3) is 12.3. The summed E-state index contributed by atoms with van der Waals surface area (Å²) in [6, 6.07) is 22.9. The summed E-state index contributed by atoms with van der Waals surface area (Å²) in [5.41, 5.74) is 5.34. The lowest BCUT2D eigenvalue weighted by Crippen LogP contribution is -2.47. The van der Waals surface area contributed by atoms with Crippen LogP contribution < -0.4 is 10.7 Å². The number of methoxy groups -OCH3 is 1. The number of benzene rings is 3. The number of para-hydroxylation sites is 2. The highest BCUT2D eigenvalue weighted by Gasteiger charge is 2.34. The fourth-order valence-corrected chi connectivity index (χ4v) is 5.58. The number of hydrogen-bond donors (Lipinski definition) is 3. The Bertz CT molecular complexity index is 1610. The van der Waals surface area contributed by atoms with E-state index in [-0.39, 0.29) is 55.4 Å². The van der Waals surface area contributed by atoms with Crippen molar-refractivity contribution < 1.29 is 33.8 Å². The minimum atomic E-state index is -0.708. The van der Waals surface area contributed by atoms with Gasteiger partial charge in [0.25, 0.3) is 0 Å². The second-order valence-electron chi connectivity index (χ2n) is 12.1. The number of amides is 3. The van der Waals surface area contributed by atoms with Crippen LogP contribution in [0.4, 0.5) is 5.69 Å². The Hall–Kier alpha value is -5.29. The number of phenols is 1. The summed E-state index contributed by atoms with van der Waals surface area (Å²) in [6.07, 6.45) is 8.87. The van der Waals surface area contributed by atoms with E-state index in [1.165, 1.54) is 6.07 Å². The molecule has 0 fully saturated rings. The van der Waals surface area contributed by atoms with Crippen LogP contribution in [-0.4, -0.2) is 59.7 Å². The van der Waals surface area contributed by atoms with Crippen molar-refractivity contribution in [3.05, 3.63) is 108 Å². The van der Waals surface area contributed by atoms with Crippen LogP contribution in [0.3, 0.4) is 0 Å². The molecule has 3 N–H and O–H groups in total. The monoisotopic (exact) mass is 682 g/mol. The van der Waals surface area contributed by atoms with Gasteiger partial charge in [0, 0.05) is 39.3 Å². The third-order valence-corrected chi connectivity index (χ3v) is 8.22. The molecule has 0 spiro atoms. The molecule has 0 bridgehead atoms. The van der Waals surface area contributed by atoms with Gasteiger partial charge in [0.2, 0.25) is 17.7 Å². The van der Waals surface area contributed by atoms with Gasteiger partial charge in [-0.3, -0.25) is 19.2 Å². The maximum Gasteiger partial charge on any atom is 0.306 e. The number of anilines is 1. The molecule has 3 aromatic rings. The average molecular weight is 683 g/mol. The number of rotatable bonds is 14. The van der Waals surface area contributed by atoms with E-state index in [4.69, 9.17) is 9.47 Å². The topological polar surface area (TPSA) is 147 Å². The lowest BCUT2D eigenvalue weighted by molar-refractivity contribution is -0.159. The number of carbonyl (C=O) groups is 4. The number of hydrazone groups is 1. The van der Waals surface area contributed by atoms with Crippen molar-refractivity contribution in [3.63, 3.8) is 0 Å². The first kappa shape index (κ1) is 37.5. The van der Waals surface area contributed by atoms with Crippen LogP contribution in [0.2, 0.25) is 0 Å². The minimum absolute atomic E-state index is 0.0199. The summed E-state index contributed by atoms with van der Waals surface area (Å²) < 4.78 is 11.6. The Morgan fingerprint density at radius 3 is 2.30 bits per heavy atom. The normalized spacial score (nSPS) is 17.7. The first-order valence-electron chi connectivity index (χ1n) is 17.0. The highest BCUT2D eigenvalue weighted by atomic mass is 16.5. The van der Waals surface area contributed by atoms with Crippen molar-refractivity contribution >= 4 is 35.6 Å². The Balaban J connectivity index is 1.31. The van der Waals surface area contributed by atoms with Gasteiger partial charge in [-0.1, -0.05) is 85.3 Å². The van der Waals surface area contributed by atoms with E-state index in [9.17, 15) is 24.3 Å². The van der Waals surface area contributed by atoms with Crippen LogP contribution in [0.5, 0.6) is 5.75 Å². The van der Waals surface area contributed by atoms with Crippen molar-refractivity contribution in [2.24, 2.45) is 5.10 Å². The minimum Gasteiger partial charge on any atom is -0.506 e. The van der Waals surface area contributed by atoms with E-state index in [1.54, 1.807) is 36.4 Å². The molecule has 0 aromatic heterocycles. The molecule has 3 amide bonds. The van der Waals surface area contributed by atoms with Gasteiger partial charge in [-0.2, -0.15) is 5.10 Å². The molecule has 0 saturated carbocycles. The second-order valence-corrected chi connectivity index (χ2v) is 12.1. The molecular weight excluding hydrogens is 636 g/mol. The van der Waals surface area contributed by atoms with Crippen molar-refractivity contribution in [3.8, 4) is 5.75 Å². The number of phenolic OH excluding ortho intramolecular Hbond substituents is 1. The Morgan fingerprint density at radius 2 is 1.58 bits per heavy atom. The molecule has 3 aromatic carbocycles. The van der Waals surface area contributed by atoms with Gasteiger partial charge in [-0.05, 0) is 54.5 Å². The summed E-state index contributed by atoms with van der Waals surface area (Å²) in [5, 5.41) is 16.5. The number of aromatic hydroxyl groups is 1. The number of allylic oxidation sites excluding steroid dienone is 2. The number of unbranched alkanes of at least 4 members (excludes halogenated alkanes) is 2. The van der Waals surface area contributed by atoms with E-state index in [0.29, 0.717) is 50.6 Å². The van der Waals surface area contributed by atoms with Gasteiger partial charge in [0.15, 0.2) is 0 Å². The lowest BCUT2D eigenvalue weighted by atomic mass is 9.99. The van der Waals surface area contributed by atoms with E-state index >= 15 is 0 Å². The predicted molar refractivity (Wildman–Crippen MR) is 191 cm³/mol. The SMILES string of the molecule is COC[C@H]1[C@H](c2ccccc2)OC(=O)CC/C=C/CCC(=O)N1Cc1ccc(/C=N/NC(=O)CCCCCC(=O)Nc2ccccc2O)cc1. The highest BCUT2D eigenvalue weighted by Crippen LogP contribution is 2.29. The Morgan fingerprint density at radius 1 is 0.900 bits per heavy atom. The summed E-state index contributed by atoms with van der Waals surface area (Å²) in [4.78, 5) is 52.6. The fraction of sp³-hybridized carbons (Fsp3) is 0.359. The van der Waals surface area contributed by atoms with Gasteiger partial charge < -0.3 is 24.8 Å². The van der Waals surface area contributed by atoms with Crippen molar-refractivity contribution in [1.29, 1.82) is 0 Å². The zero-order valence-electron chi connectivity index (χ0n) is 28.5. The van der Waals surface area contributed by atoms with Crippen LogP contribution in [0.25, 0.3) is 0 Å². The number of carbonyl (C=O) groups excluding carboxylic acids is 4. The van der Waals surface area contributed by atoms with E-state index in [0.717, 1.165) is 16.7 Å². The first-order chi connectivity index (χ1) is 24.3. The van der Waals surface area contributed by atoms with Gasteiger partial charge in [-0.25, -0.2) is 5.43 Å². The molecule has 4 rings (SSSR count). The van der Waals surface area contributed by atoms with Gasteiger partial charge >= 0.3 is 5.97 Å². The van der Waals surface area contributed by atoms with E-state index in [1.807, 2.05) is 66.7 Å². The Kier molecular flexibility index (Phi) is 15.2. The standard InChI is InChI=1S/C39H46N4O7/c1-49-28-33-39(31-14-6-4-7-15-31)50-38(48)21-11-3-2-10-20-37(47)43(33)27-30-24-22-29(23-25-30)26-40-42-36(46)19-9-5-8-18-35(45)41-32-16-12-13-17-34(32)44/h2-4,6-7,12-17,22-26,33,39,44H,5,8-11,18-21,27-28H2,1H3,(H,41,45)(H,42,46)/b3-2+,40-26+/t33-,39-/m0/s1. The maximum atomic E-state index is 13.7. The molecule has 0 unspecified atom stereocenters. The fourth-order valence-electron chi connectivity index (χ4n) is 5.58. The third-order valence-electron chi connectivity index (χ3n) is 8.22. The number of ether oxygens (including phenoxy) is 2. The maximum absolute atomic E-state index is 13.7. The van der Waals surface area contributed by atoms with E-state index in [2.05, 4.69) is 15.8 Å². The van der Waals surface area contributed by atoms with Crippen LogP contribution in [0.1, 0.15) is 80.6 Å². The highest BCUT2D eigenvalue weighted by molar-refractivity contribution is 5.92. The largest absolute Gasteiger partial charge is 0.506 e. The number of nitrogens with one attached hydrogen (secondary N) is 2. The molecule has 1 heterocycles. The summed E-state index contributed by atoms with van der Waals surface area (Å²) in [7, 11) is 1.57. The van der Waals surface area contributed by atoms with Crippen molar-refractivity contribution in [1.82, 2.24) is 10.3 Å². The molecule has 1 aliphatic rings. The lowest BCUT2D eigenvalue weighted by Gasteiger charge is -2.37. The zero-order valence-corrected chi connectivity index (χ0v) is 28.5. The van der Waals surface area contributed by atoms with Gasteiger partial charge in [-0.15, -0.1) is 0 Å². The summed E-state index contributed by atoms with van der Waals surface area (Å²) >= 11 is 0. The smallest absolute Gasteiger partial charge is 0.306 e. The summed E-state index contributed by atoms with van der Waals surface area (Å²) in [6.45, 7) is 0.454. The van der Waals surface area contributed by atoms with E-state index < -0.39 is 12.1 Å². The molecule has 0 aliphatic carbocycles. The molecule has 0 saturated heterocycles. The second kappa shape index (κ2) is 20.3. The predicted octanol–water partition coefficient (Wildman–Crippen LogP) is 6.19. The Labute approximate surface area is 293 Å². The number of esters is 1. The van der Waals surface area contributed by atoms with Crippen LogP contribution in [0, 0.1) is 0 Å². The molecular formula is C39H46N4O7. The molecule has 11 nitrogen and oxygen atoms in total. The van der Waals surface area contributed by atoms with Crippen LogP contribution >= 0.6 is 0 Å². The number of cyclic esters (lactones) is 1. The molecule has 0 radical (unpaired) electrons. The van der Waals surface area contributed by atoms with Crippen molar-refractivity contribution in [2.75, 3.05) is 19.0 Å². The molecule has 264 valence electrons. The average Bonchev–Trinajstić information content (AvgIpc) is 3.11. The van der Waals surface area contributed by atoms with Crippen molar-refractivity contribution in [2.45, 2.75) is 76.5 Å². The molecule has 11 heteroatoms. The number of hydrogen-bond acceptors (Lipinski definition) is 8. The quantitative estimate of drug-likeness (QED) is 0.0459.